The number of rotatable bonds is 7. The SMILES string of the molecule is CS[C@H](C)CN[C@@H](C)c1ccc(NS(C)(=O)=O)cc1. The highest BCUT2D eigenvalue weighted by Crippen LogP contribution is 2.17. The van der Waals surface area contributed by atoms with Gasteiger partial charge in [0.25, 0.3) is 0 Å². The first-order chi connectivity index (χ1) is 8.81. The van der Waals surface area contributed by atoms with Gasteiger partial charge >= 0.3 is 0 Å². The van der Waals surface area contributed by atoms with Crippen LogP contribution in [0.1, 0.15) is 25.5 Å². The predicted molar refractivity (Wildman–Crippen MR) is 84.3 cm³/mol. The smallest absolute Gasteiger partial charge is 0.229 e. The van der Waals surface area contributed by atoms with Crippen molar-refractivity contribution in [3.63, 3.8) is 0 Å². The van der Waals surface area contributed by atoms with Gasteiger partial charge < -0.3 is 5.32 Å². The second-order valence-corrected chi connectivity index (χ2v) is 7.70. The van der Waals surface area contributed by atoms with Gasteiger partial charge in [0, 0.05) is 23.5 Å². The molecular formula is C13H22N2O2S2. The van der Waals surface area contributed by atoms with Crippen LogP contribution < -0.4 is 10.0 Å². The summed E-state index contributed by atoms with van der Waals surface area (Å²) in [5.41, 5.74) is 1.74. The van der Waals surface area contributed by atoms with E-state index in [0.717, 1.165) is 18.4 Å². The van der Waals surface area contributed by atoms with Crippen LogP contribution in [0.3, 0.4) is 0 Å². The summed E-state index contributed by atoms with van der Waals surface area (Å²) in [6.07, 6.45) is 3.25. The molecule has 2 atom stereocenters. The number of thioether (sulfide) groups is 1. The highest BCUT2D eigenvalue weighted by Gasteiger charge is 2.07. The van der Waals surface area contributed by atoms with Gasteiger partial charge in [-0.1, -0.05) is 19.1 Å². The second kappa shape index (κ2) is 7.17. The van der Waals surface area contributed by atoms with Gasteiger partial charge in [-0.2, -0.15) is 11.8 Å². The molecular weight excluding hydrogens is 280 g/mol. The van der Waals surface area contributed by atoms with Crippen molar-refractivity contribution >= 4 is 27.5 Å². The van der Waals surface area contributed by atoms with Crippen molar-refractivity contribution in [1.82, 2.24) is 5.32 Å². The molecule has 0 aliphatic rings. The van der Waals surface area contributed by atoms with Crippen molar-refractivity contribution in [1.29, 1.82) is 0 Å². The lowest BCUT2D eigenvalue weighted by molar-refractivity contribution is 0.576. The first kappa shape index (κ1) is 16.3. The zero-order chi connectivity index (χ0) is 14.5. The maximum absolute atomic E-state index is 11.1. The van der Waals surface area contributed by atoms with E-state index in [1.807, 2.05) is 23.9 Å². The zero-order valence-corrected chi connectivity index (χ0v) is 13.4. The van der Waals surface area contributed by atoms with Gasteiger partial charge in [0.1, 0.15) is 0 Å². The first-order valence-corrected chi connectivity index (χ1v) is 9.33. The highest BCUT2D eigenvalue weighted by atomic mass is 32.2. The molecule has 0 heterocycles. The summed E-state index contributed by atoms with van der Waals surface area (Å²) in [4.78, 5) is 0. The van der Waals surface area contributed by atoms with Crippen LogP contribution >= 0.6 is 11.8 Å². The molecule has 0 aliphatic carbocycles. The minimum atomic E-state index is -3.20. The summed E-state index contributed by atoms with van der Waals surface area (Å²) in [5.74, 6) is 0. The van der Waals surface area contributed by atoms with E-state index >= 15 is 0 Å². The Labute approximate surface area is 120 Å². The van der Waals surface area contributed by atoms with Crippen LogP contribution in [0.2, 0.25) is 0 Å². The molecule has 0 unspecified atom stereocenters. The summed E-state index contributed by atoms with van der Waals surface area (Å²) in [6.45, 7) is 5.24. The van der Waals surface area contributed by atoms with Crippen molar-refractivity contribution in [3.05, 3.63) is 29.8 Å². The third-order valence-corrected chi connectivity index (χ3v) is 4.41. The number of anilines is 1. The summed E-state index contributed by atoms with van der Waals surface area (Å²) in [5, 5.41) is 4.04. The molecule has 108 valence electrons. The largest absolute Gasteiger partial charge is 0.309 e. The summed E-state index contributed by atoms with van der Waals surface area (Å²) in [7, 11) is -3.20. The Morgan fingerprint density at radius 1 is 1.21 bits per heavy atom. The molecule has 0 amide bonds. The molecule has 0 saturated heterocycles. The third-order valence-electron chi connectivity index (χ3n) is 2.83. The van der Waals surface area contributed by atoms with Crippen LogP contribution in [0.15, 0.2) is 24.3 Å². The summed E-state index contributed by atoms with van der Waals surface area (Å²) in [6, 6.07) is 7.70. The topological polar surface area (TPSA) is 58.2 Å². The van der Waals surface area contributed by atoms with E-state index in [-0.39, 0.29) is 6.04 Å². The fourth-order valence-corrected chi connectivity index (χ4v) is 2.42. The molecule has 19 heavy (non-hydrogen) atoms. The Balaban J connectivity index is 2.60. The number of benzene rings is 1. The lowest BCUT2D eigenvalue weighted by Crippen LogP contribution is -2.25. The molecule has 0 saturated carbocycles. The Morgan fingerprint density at radius 3 is 2.26 bits per heavy atom. The second-order valence-electron chi connectivity index (χ2n) is 4.67. The maximum Gasteiger partial charge on any atom is 0.229 e. The van der Waals surface area contributed by atoms with E-state index < -0.39 is 10.0 Å². The molecule has 2 N–H and O–H groups in total. The van der Waals surface area contributed by atoms with E-state index in [1.165, 1.54) is 0 Å². The van der Waals surface area contributed by atoms with Gasteiger partial charge in [-0.25, -0.2) is 8.42 Å². The Morgan fingerprint density at radius 2 is 1.79 bits per heavy atom. The van der Waals surface area contributed by atoms with Gasteiger partial charge in [-0.05, 0) is 30.9 Å². The zero-order valence-electron chi connectivity index (χ0n) is 11.8. The minimum Gasteiger partial charge on any atom is -0.309 e. The van der Waals surface area contributed by atoms with E-state index in [1.54, 1.807) is 12.1 Å². The first-order valence-electron chi connectivity index (χ1n) is 6.15. The van der Waals surface area contributed by atoms with Gasteiger partial charge in [0.05, 0.1) is 6.26 Å². The van der Waals surface area contributed by atoms with Crippen LogP contribution in [0.4, 0.5) is 5.69 Å². The van der Waals surface area contributed by atoms with E-state index in [2.05, 4.69) is 30.1 Å². The minimum absolute atomic E-state index is 0.252. The summed E-state index contributed by atoms with van der Waals surface area (Å²) >= 11 is 1.83. The molecule has 0 aromatic heterocycles. The molecule has 1 aromatic rings. The molecule has 1 aromatic carbocycles. The molecule has 4 nitrogen and oxygen atoms in total. The van der Waals surface area contributed by atoms with Crippen molar-refractivity contribution < 1.29 is 8.42 Å². The lowest BCUT2D eigenvalue weighted by atomic mass is 10.1. The van der Waals surface area contributed by atoms with Crippen LogP contribution in [0.5, 0.6) is 0 Å². The molecule has 0 spiro atoms. The van der Waals surface area contributed by atoms with Gasteiger partial charge in [-0.3, -0.25) is 4.72 Å². The van der Waals surface area contributed by atoms with Crippen molar-refractivity contribution in [3.8, 4) is 0 Å². The highest BCUT2D eigenvalue weighted by molar-refractivity contribution is 7.99. The standard InChI is InChI=1S/C13H22N2O2S2/c1-10(18-3)9-14-11(2)12-5-7-13(8-6-12)15-19(4,16)17/h5-8,10-11,14-15H,9H2,1-4H3/t10-,11+/m1/s1. The fourth-order valence-electron chi connectivity index (χ4n) is 1.60. The maximum atomic E-state index is 11.1. The van der Waals surface area contributed by atoms with Crippen molar-refractivity contribution in [2.45, 2.75) is 25.1 Å². The fraction of sp³-hybridized carbons (Fsp3) is 0.538. The summed E-state index contributed by atoms with van der Waals surface area (Å²) < 4.78 is 24.7. The Kier molecular flexibility index (Phi) is 6.16. The van der Waals surface area contributed by atoms with Crippen molar-refractivity contribution in [2.75, 3.05) is 23.8 Å². The Hall–Kier alpha value is -0.720. The average molecular weight is 302 g/mol. The molecule has 6 heteroatoms. The number of hydrogen-bond donors (Lipinski definition) is 2. The van der Waals surface area contributed by atoms with Crippen LogP contribution in [0, 0.1) is 0 Å². The molecule has 0 fully saturated rings. The molecule has 0 bridgehead atoms. The van der Waals surface area contributed by atoms with Crippen LogP contribution in [-0.2, 0) is 10.0 Å². The number of sulfonamides is 1. The van der Waals surface area contributed by atoms with E-state index in [4.69, 9.17) is 0 Å². The van der Waals surface area contributed by atoms with Crippen LogP contribution in [0.25, 0.3) is 0 Å². The number of hydrogen-bond acceptors (Lipinski definition) is 4. The van der Waals surface area contributed by atoms with Crippen molar-refractivity contribution in [2.24, 2.45) is 0 Å². The monoisotopic (exact) mass is 302 g/mol. The third kappa shape index (κ3) is 6.31. The average Bonchev–Trinajstić information content (AvgIpc) is 2.34. The molecule has 1 rings (SSSR count). The van der Waals surface area contributed by atoms with Gasteiger partial charge in [0.15, 0.2) is 0 Å². The molecule has 0 aliphatic heterocycles. The van der Waals surface area contributed by atoms with E-state index in [9.17, 15) is 8.42 Å². The van der Waals surface area contributed by atoms with Gasteiger partial charge in [-0.15, -0.1) is 0 Å². The van der Waals surface area contributed by atoms with Gasteiger partial charge in [0.2, 0.25) is 10.0 Å². The molecule has 0 radical (unpaired) electrons. The lowest BCUT2D eigenvalue weighted by Gasteiger charge is -2.17. The quantitative estimate of drug-likeness (QED) is 0.812. The predicted octanol–water partition coefficient (Wildman–Crippen LogP) is 2.46. The van der Waals surface area contributed by atoms with Crippen LogP contribution in [-0.4, -0.2) is 32.7 Å². The normalized spacial score (nSPS) is 14.9. The van der Waals surface area contributed by atoms with E-state index in [0.29, 0.717) is 10.9 Å². The number of nitrogens with one attached hydrogen (secondary N) is 2. The Bertz CT molecular complexity index is 486.